The molecule has 54 heavy (non-hydrogen) atoms. The zero-order valence-corrected chi connectivity index (χ0v) is 34.4. The van der Waals surface area contributed by atoms with Crippen molar-refractivity contribution in [1.82, 2.24) is 5.32 Å². The highest BCUT2D eigenvalue weighted by Crippen LogP contribution is 2.43. The van der Waals surface area contributed by atoms with Gasteiger partial charge in [-0.3, -0.25) is 18.6 Å². The standard InChI is InChI=1S/C42H74NO10P/c1-3-5-7-9-11-13-15-17-19-21-23-25-27-29-31-33-40(45)43-39(42(47)48)37-53-54(49,50)52-36-38(44)35-51-41(46)34-32-30-28-26-24-22-20-18-16-14-12-10-8-6-4-2/h5,7,11,13,17,19,23,25,38-39,44H,3-4,6,8-10,12,14-16,18,20-22,24,26-37H2,1-2H3,(H,43,45)(H,47,48)(H,49,50)/b7-5-,13-11-,19-17-,25-23-. The Morgan fingerprint density at radius 2 is 1.07 bits per heavy atom. The third kappa shape index (κ3) is 36.4. The first kappa shape index (κ1) is 51.4. The Morgan fingerprint density at radius 1 is 0.611 bits per heavy atom. The van der Waals surface area contributed by atoms with Crippen LogP contribution < -0.4 is 5.32 Å². The van der Waals surface area contributed by atoms with Crippen LogP contribution in [0.25, 0.3) is 0 Å². The lowest BCUT2D eigenvalue weighted by molar-refractivity contribution is -0.147. The van der Waals surface area contributed by atoms with Gasteiger partial charge in [-0.15, -0.1) is 0 Å². The zero-order valence-electron chi connectivity index (χ0n) is 33.5. The summed E-state index contributed by atoms with van der Waals surface area (Å²) in [4.78, 5) is 45.8. The summed E-state index contributed by atoms with van der Waals surface area (Å²) in [7, 11) is -4.76. The van der Waals surface area contributed by atoms with Crippen LogP contribution >= 0.6 is 7.82 Å². The molecule has 0 aromatic carbocycles. The Labute approximate surface area is 326 Å². The molecular formula is C42H74NO10P. The molecule has 3 atom stereocenters. The molecule has 0 rings (SSSR count). The number of phosphoric acid groups is 1. The lowest BCUT2D eigenvalue weighted by Gasteiger charge is -2.18. The molecule has 0 aromatic rings. The molecule has 3 unspecified atom stereocenters. The van der Waals surface area contributed by atoms with Gasteiger partial charge in [-0.05, 0) is 51.4 Å². The summed E-state index contributed by atoms with van der Waals surface area (Å²) in [6.45, 7) is 2.44. The van der Waals surface area contributed by atoms with E-state index >= 15 is 0 Å². The minimum Gasteiger partial charge on any atom is -0.480 e. The maximum absolute atomic E-state index is 12.3. The van der Waals surface area contributed by atoms with Crippen molar-refractivity contribution in [2.24, 2.45) is 0 Å². The largest absolute Gasteiger partial charge is 0.480 e. The molecule has 0 radical (unpaired) electrons. The summed E-state index contributed by atoms with van der Waals surface area (Å²) >= 11 is 0. The summed E-state index contributed by atoms with van der Waals surface area (Å²) < 4.78 is 26.8. The van der Waals surface area contributed by atoms with Gasteiger partial charge in [0.2, 0.25) is 5.91 Å². The molecule has 0 heterocycles. The number of phosphoric ester groups is 1. The predicted octanol–water partition coefficient (Wildman–Crippen LogP) is 10.2. The fraction of sp³-hybridized carbons (Fsp3) is 0.738. The van der Waals surface area contributed by atoms with Gasteiger partial charge in [0.1, 0.15) is 12.7 Å². The van der Waals surface area contributed by atoms with Gasteiger partial charge >= 0.3 is 19.8 Å². The monoisotopic (exact) mass is 784 g/mol. The van der Waals surface area contributed by atoms with Crippen molar-refractivity contribution in [3.63, 3.8) is 0 Å². The highest BCUT2D eigenvalue weighted by atomic mass is 31.2. The van der Waals surface area contributed by atoms with Gasteiger partial charge in [-0.1, -0.05) is 152 Å². The molecule has 0 bridgehead atoms. The van der Waals surface area contributed by atoms with Crippen LogP contribution in [0, 0.1) is 0 Å². The number of aliphatic hydroxyl groups excluding tert-OH is 1. The molecule has 1 amide bonds. The first-order valence-electron chi connectivity index (χ1n) is 20.7. The van der Waals surface area contributed by atoms with Gasteiger partial charge in [-0.25, -0.2) is 9.36 Å². The quantitative estimate of drug-likeness (QED) is 0.0205. The third-order valence-corrected chi connectivity index (χ3v) is 9.58. The Kier molecular flexibility index (Phi) is 35.6. The van der Waals surface area contributed by atoms with Gasteiger partial charge < -0.3 is 25.2 Å². The molecule has 312 valence electrons. The van der Waals surface area contributed by atoms with Crippen molar-refractivity contribution in [2.75, 3.05) is 19.8 Å². The Hall–Kier alpha value is -2.56. The van der Waals surface area contributed by atoms with Crippen molar-refractivity contribution in [3.05, 3.63) is 48.6 Å². The topological polar surface area (TPSA) is 169 Å². The Balaban J connectivity index is 3.98. The minimum absolute atomic E-state index is 0.0922. The van der Waals surface area contributed by atoms with E-state index in [0.717, 1.165) is 57.8 Å². The lowest BCUT2D eigenvalue weighted by Crippen LogP contribution is -2.43. The number of carboxylic acid groups (broad SMARTS) is 1. The number of unbranched alkanes of at least 4 members (excludes halogenated alkanes) is 16. The number of esters is 1. The number of ether oxygens (including phenoxy) is 1. The summed E-state index contributed by atoms with van der Waals surface area (Å²) in [5, 5.41) is 21.7. The van der Waals surface area contributed by atoms with E-state index in [0.29, 0.717) is 12.8 Å². The average Bonchev–Trinajstić information content (AvgIpc) is 3.14. The van der Waals surface area contributed by atoms with E-state index in [4.69, 9.17) is 13.8 Å². The smallest absolute Gasteiger partial charge is 0.472 e. The average molecular weight is 784 g/mol. The van der Waals surface area contributed by atoms with Gasteiger partial charge in [0.05, 0.1) is 13.2 Å². The van der Waals surface area contributed by atoms with Crippen molar-refractivity contribution < 1.29 is 47.8 Å². The molecule has 0 aliphatic heterocycles. The van der Waals surface area contributed by atoms with E-state index in [1.807, 2.05) is 6.08 Å². The number of aliphatic hydroxyl groups is 1. The molecule has 0 saturated carbocycles. The number of rotatable bonds is 38. The lowest BCUT2D eigenvalue weighted by atomic mass is 10.0. The number of aliphatic carboxylic acids is 1. The number of hydrogen-bond acceptors (Lipinski definition) is 8. The second kappa shape index (κ2) is 37.4. The number of allylic oxidation sites excluding steroid dienone is 8. The Bertz CT molecular complexity index is 1110. The molecule has 0 aliphatic carbocycles. The van der Waals surface area contributed by atoms with E-state index in [-0.39, 0.29) is 12.8 Å². The molecular weight excluding hydrogens is 709 g/mol. The number of carboxylic acids is 1. The molecule has 4 N–H and O–H groups in total. The highest BCUT2D eigenvalue weighted by molar-refractivity contribution is 7.47. The van der Waals surface area contributed by atoms with Crippen molar-refractivity contribution in [3.8, 4) is 0 Å². The van der Waals surface area contributed by atoms with Crippen LogP contribution in [0.4, 0.5) is 0 Å². The first-order chi connectivity index (χ1) is 26.1. The van der Waals surface area contributed by atoms with Crippen LogP contribution in [0.5, 0.6) is 0 Å². The van der Waals surface area contributed by atoms with Crippen LogP contribution in [0.3, 0.4) is 0 Å². The number of carbonyl (C=O) groups is 3. The fourth-order valence-electron chi connectivity index (χ4n) is 5.42. The molecule has 0 aliphatic rings. The zero-order chi connectivity index (χ0) is 40.0. The number of hydrogen-bond donors (Lipinski definition) is 4. The molecule has 0 spiro atoms. The molecule has 11 nitrogen and oxygen atoms in total. The molecule has 0 aromatic heterocycles. The Morgan fingerprint density at radius 3 is 1.59 bits per heavy atom. The number of carbonyl (C=O) groups excluding carboxylic acids is 2. The second-order valence-corrected chi connectivity index (χ2v) is 15.3. The van der Waals surface area contributed by atoms with Crippen LogP contribution in [-0.2, 0) is 32.7 Å². The number of nitrogens with one attached hydrogen (secondary N) is 1. The first-order valence-corrected chi connectivity index (χ1v) is 22.2. The van der Waals surface area contributed by atoms with Crippen molar-refractivity contribution in [2.45, 2.75) is 180 Å². The summed E-state index contributed by atoms with van der Waals surface area (Å²) in [6, 6.07) is -1.57. The second-order valence-electron chi connectivity index (χ2n) is 13.8. The maximum atomic E-state index is 12.3. The minimum atomic E-state index is -4.76. The van der Waals surface area contributed by atoms with Crippen molar-refractivity contribution in [1.29, 1.82) is 0 Å². The molecule has 0 fully saturated rings. The fourth-order valence-corrected chi connectivity index (χ4v) is 6.20. The van der Waals surface area contributed by atoms with Crippen molar-refractivity contribution >= 4 is 25.7 Å². The van der Waals surface area contributed by atoms with Gasteiger partial charge in [0, 0.05) is 12.8 Å². The van der Waals surface area contributed by atoms with Crippen LogP contribution in [-0.4, -0.2) is 64.9 Å². The van der Waals surface area contributed by atoms with Gasteiger partial charge in [0.25, 0.3) is 0 Å². The molecule has 12 heteroatoms. The third-order valence-electron chi connectivity index (χ3n) is 8.63. The summed E-state index contributed by atoms with van der Waals surface area (Å²) in [5.41, 5.74) is 0. The van der Waals surface area contributed by atoms with E-state index in [1.54, 1.807) is 0 Å². The number of amides is 1. The summed E-state index contributed by atoms with van der Waals surface area (Å²) in [5.74, 6) is -2.43. The van der Waals surface area contributed by atoms with Crippen LogP contribution in [0.2, 0.25) is 0 Å². The van der Waals surface area contributed by atoms with E-state index < -0.39 is 57.6 Å². The SMILES string of the molecule is CC/C=C\C/C=C\C/C=C\C/C=C\CCCCC(=O)NC(COP(=O)(O)OCC(O)COC(=O)CCCCCCCCCCCCCCCCC)C(=O)O. The maximum Gasteiger partial charge on any atom is 0.472 e. The van der Waals surface area contributed by atoms with Gasteiger partial charge in [-0.2, -0.15) is 0 Å². The van der Waals surface area contributed by atoms with Crippen LogP contribution in [0.1, 0.15) is 168 Å². The molecule has 0 saturated heterocycles. The normalized spacial score (nSPS) is 14.3. The van der Waals surface area contributed by atoms with E-state index in [9.17, 15) is 34.1 Å². The van der Waals surface area contributed by atoms with Crippen LogP contribution in [0.15, 0.2) is 48.6 Å². The summed E-state index contributed by atoms with van der Waals surface area (Å²) in [6.07, 6.45) is 40.0. The predicted molar refractivity (Wildman–Crippen MR) is 217 cm³/mol. The van der Waals surface area contributed by atoms with E-state index in [1.165, 1.54) is 70.6 Å². The van der Waals surface area contributed by atoms with E-state index in [2.05, 4.69) is 61.7 Å². The highest BCUT2D eigenvalue weighted by Gasteiger charge is 2.28. The van der Waals surface area contributed by atoms with Gasteiger partial charge in [0.15, 0.2) is 6.04 Å².